The van der Waals surface area contributed by atoms with Gasteiger partial charge in [-0.1, -0.05) is 32.9 Å². The first-order chi connectivity index (χ1) is 18.3. The molecule has 1 aliphatic rings. The standard InChI is InChI=1S/C27H35N7O4S/c1-26(2,3)18-22(35)33-16-12-27(11-14-28,13-17-33)34-20-10-15-29-25(36)23(20)24(31-34)30-19-8-6-7-9-21(19)39(37,38)32(4)5/h6-10,15H,11-13,16-18H2,1-5H3,(H,29,36)(H,30,31). The molecule has 39 heavy (non-hydrogen) atoms. The number of sulfonamides is 1. The monoisotopic (exact) mass is 553 g/mol. The van der Waals surface area contributed by atoms with Gasteiger partial charge in [-0.3, -0.25) is 14.3 Å². The van der Waals surface area contributed by atoms with Gasteiger partial charge in [-0.2, -0.15) is 10.4 Å². The molecule has 0 atom stereocenters. The molecular formula is C27H35N7O4S. The number of pyridine rings is 1. The van der Waals surface area contributed by atoms with E-state index in [1.54, 1.807) is 28.9 Å². The molecule has 208 valence electrons. The number of benzene rings is 1. The third-order valence-electron chi connectivity index (χ3n) is 7.09. The number of aromatic amines is 1. The highest BCUT2D eigenvalue weighted by Crippen LogP contribution is 2.38. The van der Waals surface area contributed by atoms with Crippen molar-refractivity contribution in [2.24, 2.45) is 5.41 Å². The molecule has 0 spiro atoms. The number of carbonyl (C=O) groups excluding carboxylic acids is 1. The third kappa shape index (κ3) is 5.55. The topological polar surface area (TPSA) is 144 Å². The zero-order valence-corrected chi connectivity index (χ0v) is 23.8. The average Bonchev–Trinajstić information content (AvgIpc) is 3.24. The van der Waals surface area contributed by atoms with Gasteiger partial charge < -0.3 is 15.2 Å². The maximum absolute atomic E-state index is 13.0. The fraction of sp³-hybridized carbons (Fsp3) is 0.481. The molecule has 2 N–H and O–H groups in total. The lowest BCUT2D eigenvalue weighted by Crippen LogP contribution is -2.48. The lowest BCUT2D eigenvalue weighted by Gasteiger charge is -2.41. The summed E-state index contributed by atoms with van der Waals surface area (Å²) in [5, 5.41) is 17.9. The van der Waals surface area contributed by atoms with Gasteiger partial charge in [-0.05, 0) is 36.5 Å². The number of para-hydroxylation sites is 1. The van der Waals surface area contributed by atoms with E-state index < -0.39 is 15.6 Å². The number of fused-ring (bicyclic) bond motifs is 1. The van der Waals surface area contributed by atoms with Crippen LogP contribution in [0.5, 0.6) is 0 Å². The van der Waals surface area contributed by atoms with Crippen molar-refractivity contribution >= 4 is 38.3 Å². The quantitative estimate of drug-likeness (QED) is 0.456. The Bertz CT molecular complexity index is 1580. The predicted molar refractivity (Wildman–Crippen MR) is 149 cm³/mol. The summed E-state index contributed by atoms with van der Waals surface area (Å²) in [6, 6.07) is 10.4. The molecule has 11 nitrogen and oxygen atoms in total. The number of rotatable bonds is 7. The molecule has 1 amide bonds. The highest BCUT2D eigenvalue weighted by Gasteiger charge is 2.40. The number of aromatic nitrogens is 3. The van der Waals surface area contributed by atoms with Crippen LogP contribution < -0.4 is 10.9 Å². The Labute approximate surface area is 228 Å². The molecule has 1 aliphatic heterocycles. The number of piperidine rings is 1. The van der Waals surface area contributed by atoms with E-state index in [0.29, 0.717) is 37.9 Å². The summed E-state index contributed by atoms with van der Waals surface area (Å²) in [7, 11) is -0.884. The molecule has 0 radical (unpaired) electrons. The molecule has 1 fully saturated rings. The fourth-order valence-corrected chi connectivity index (χ4v) is 6.03. The van der Waals surface area contributed by atoms with Crippen LogP contribution >= 0.6 is 0 Å². The normalized spacial score (nSPS) is 15.9. The zero-order valence-electron chi connectivity index (χ0n) is 23.0. The number of hydrogen-bond donors (Lipinski definition) is 2. The SMILES string of the molecule is CN(C)S(=O)(=O)c1ccccc1Nc1nn(C2(CC#N)CCN(C(=O)CC(C)(C)C)CC2)c2cc[nH]c(=O)c12. The van der Waals surface area contributed by atoms with Gasteiger partial charge in [0.1, 0.15) is 10.3 Å². The van der Waals surface area contributed by atoms with Gasteiger partial charge in [0.25, 0.3) is 5.56 Å². The molecule has 1 saturated heterocycles. The van der Waals surface area contributed by atoms with Crippen molar-refractivity contribution in [1.29, 1.82) is 5.26 Å². The zero-order chi connectivity index (χ0) is 28.6. The van der Waals surface area contributed by atoms with E-state index in [4.69, 9.17) is 5.10 Å². The molecule has 0 unspecified atom stereocenters. The predicted octanol–water partition coefficient (Wildman–Crippen LogP) is 3.39. The van der Waals surface area contributed by atoms with E-state index in [-0.39, 0.29) is 45.1 Å². The van der Waals surface area contributed by atoms with Crippen LogP contribution in [0.4, 0.5) is 11.5 Å². The first-order valence-corrected chi connectivity index (χ1v) is 14.3. The van der Waals surface area contributed by atoms with Crippen LogP contribution in [0.25, 0.3) is 10.9 Å². The summed E-state index contributed by atoms with van der Waals surface area (Å²) < 4.78 is 28.8. The lowest BCUT2D eigenvalue weighted by atomic mass is 9.84. The van der Waals surface area contributed by atoms with E-state index in [0.717, 1.165) is 4.31 Å². The molecule has 0 saturated carbocycles. The van der Waals surface area contributed by atoms with Crippen LogP contribution in [0.1, 0.15) is 46.5 Å². The van der Waals surface area contributed by atoms with Crippen LogP contribution in [-0.4, -0.2) is 65.5 Å². The second-order valence-corrected chi connectivity index (χ2v) is 13.5. The van der Waals surface area contributed by atoms with Crippen molar-refractivity contribution in [3.8, 4) is 6.07 Å². The van der Waals surface area contributed by atoms with Gasteiger partial charge in [0.2, 0.25) is 15.9 Å². The summed E-state index contributed by atoms with van der Waals surface area (Å²) >= 11 is 0. The third-order valence-corrected chi connectivity index (χ3v) is 8.96. The lowest BCUT2D eigenvalue weighted by molar-refractivity contribution is -0.135. The van der Waals surface area contributed by atoms with E-state index >= 15 is 0 Å². The molecule has 3 aromatic rings. The van der Waals surface area contributed by atoms with E-state index in [1.807, 2.05) is 25.7 Å². The molecule has 3 heterocycles. The first kappa shape index (κ1) is 28.3. The first-order valence-electron chi connectivity index (χ1n) is 12.8. The number of nitriles is 1. The number of amides is 1. The number of hydrogen-bond acceptors (Lipinski definition) is 7. The van der Waals surface area contributed by atoms with Crippen LogP contribution in [-0.2, 0) is 20.4 Å². The molecule has 2 aromatic heterocycles. The van der Waals surface area contributed by atoms with Crippen molar-refractivity contribution in [3.63, 3.8) is 0 Å². The van der Waals surface area contributed by atoms with E-state index in [9.17, 15) is 23.3 Å². The molecule has 1 aromatic carbocycles. The summed E-state index contributed by atoms with van der Waals surface area (Å²) in [5.41, 5.74) is -0.459. The van der Waals surface area contributed by atoms with Gasteiger partial charge >= 0.3 is 0 Å². The Morgan fingerprint density at radius 3 is 2.49 bits per heavy atom. The fourth-order valence-electron chi connectivity index (χ4n) is 4.99. The number of H-pyrrole nitrogens is 1. The van der Waals surface area contributed by atoms with Gasteiger partial charge in [0, 0.05) is 39.8 Å². The number of anilines is 2. The van der Waals surface area contributed by atoms with Crippen LogP contribution in [0.15, 0.2) is 46.2 Å². The Kier molecular flexibility index (Phi) is 7.60. The molecule has 0 aliphatic carbocycles. The Hall–Kier alpha value is -3.69. The van der Waals surface area contributed by atoms with Crippen LogP contribution in [0, 0.1) is 16.7 Å². The summed E-state index contributed by atoms with van der Waals surface area (Å²) in [4.78, 5) is 30.4. The van der Waals surface area contributed by atoms with Crippen molar-refractivity contribution in [1.82, 2.24) is 24.0 Å². The molecule has 12 heteroatoms. The number of nitrogens with zero attached hydrogens (tertiary/aromatic N) is 5. The minimum absolute atomic E-state index is 0.0440. The Balaban J connectivity index is 1.77. The highest BCUT2D eigenvalue weighted by molar-refractivity contribution is 7.89. The summed E-state index contributed by atoms with van der Waals surface area (Å²) in [5.74, 6) is 0.271. The molecular weight excluding hydrogens is 518 g/mol. The largest absolute Gasteiger partial charge is 0.343 e. The smallest absolute Gasteiger partial charge is 0.261 e. The second-order valence-electron chi connectivity index (χ2n) is 11.4. The maximum atomic E-state index is 13.0. The second kappa shape index (κ2) is 10.5. The van der Waals surface area contributed by atoms with Crippen molar-refractivity contribution in [2.75, 3.05) is 32.5 Å². The Morgan fingerprint density at radius 1 is 1.21 bits per heavy atom. The van der Waals surface area contributed by atoms with Crippen molar-refractivity contribution in [2.45, 2.75) is 56.9 Å². The highest BCUT2D eigenvalue weighted by atomic mass is 32.2. The minimum atomic E-state index is -3.78. The maximum Gasteiger partial charge on any atom is 0.261 e. The van der Waals surface area contributed by atoms with E-state index in [2.05, 4.69) is 16.4 Å². The number of nitrogens with one attached hydrogen (secondary N) is 2. The van der Waals surface area contributed by atoms with E-state index in [1.165, 1.54) is 26.4 Å². The summed E-state index contributed by atoms with van der Waals surface area (Å²) in [6.45, 7) is 7.01. The average molecular weight is 554 g/mol. The number of carbonyl (C=O) groups is 1. The number of likely N-dealkylation sites (tertiary alicyclic amines) is 1. The van der Waals surface area contributed by atoms with Crippen molar-refractivity contribution < 1.29 is 13.2 Å². The minimum Gasteiger partial charge on any atom is -0.343 e. The van der Waals surface area contributed by atoms with Crippen LogP contribution in [0.3, 0.4) is 0 Å². The van der Waals surface area contributed by atoms with Crippen LogP contribution in [0.2, 0.25) is 0 Å². The van der Waals surface area contributed by atoms with Gasteiger partial charge in [-0.15, -0.1) is 0 Å². The van der Waals surface area contributed by atoms with Gasteiger partial charge in [-0.25, -0.2) is 12.7 Å². The van der Waals surface area contributed by atoms with Gasteiger partial charge in [0.15, 0.2) is 5.82 Å². The van der Waals surface area contributed by atoms with Crippen molar-refractivity contribution in [3.05, 3.63) is 46.9 Å². The molecule has 0 bridgehead atoms. The Morgan fingerprint density at radius 2 is 1.87 bits per heavy atom. The van der Waals surface area contributed by atoms with Gasteiger partial charge in [0.05, 0.1) is 29.2 Å². The molecule has 4 rings (SSSR count). The summed E-state index contributed by atoms with van der Waals surface area (Å²) in [6.07, 6.45) is 3.08.